The monoisotopic (exact) mass is 514 g/mol. The number of nitrogens with one attached hydrogen (secondary N) is 1. The van der Waals surface area contributed by atoms with Gasteiger partial charge >= 0.3 is 0 Å². The van der Waals surface area contributed by atoms with Crippen LogP contribution in [0.3, 0.4) is 0 Å². The number of amides is 1. The van der Waals surface area contributed by atoms with Gasteiger partial charge in [0.1, 0.15) is 5.75 Å². The Morgan fingerprint density at radius 1 is 1.00 bits per heavy atom. The Bertz CT molecular complexity index is 1680. The molecule has 4 aromatic carbocycles. The molecule has 0 atom stereocenters. The van der Waals surface area contributed by atoms with E-state index in [4.69, 9.17) is 11.6 Å². The van der Waals surface area contributed by atoms with E-state index in [1.54, 1.807) is 54.6 Å². The topological polar surface area (TPSA) is 96.6 Å². The van der Waals surface area contributed by atoms with Gasteiger partial charge in [-0.05, 0) is 53.2 Å². The van der Waals surface area contributed by atoms with Crippen LogP contribution in [0, 0.1) is 0 Å². The Balaban J connectivity index is 1.38. The van der Waals surface area contributed by atoms with Gasteiger partial charge in [0, 0.05) is 10.6 Å². The number of para-hydroxylation sites is 1. The zero-order valence-corrected chi connectivity index (χ0v) is 20.3. The maximum Gasteiger partial charge on any atom is 0.266 e. The van der Waals surface area contributed by atoms with Crippen LogP contribution in [0.5, 0.6) is 5.75 Å². The molecule has 0 bridgehead atoms. The molecule has 0 saturated heterocycles. The zero-order valence-electron chi connectivity index (χ0n) is 18.8. The van der Waals surface area contributed by atoms with Gasteiger partial charge in [-0.2, -0.15) is 5.10 Å². The molecule has 0 aliphatic heterocycles. The average molecular weight is 515 g/mol. The lowest BCUT2D eigenvalue weighted by Gasteiger charge is -2.13. The van der Waals surface area contributed by atoms with Crippen LogP contribution in [0.2, 0.25) is 5.02 Å². The standard InChI is InChI=1S/C27H19ClN4O3S/c28-18-10-12-19(13-11-18)32-26(35)21-7-3-4-8-23(21)30-27(32)36-16-25(34)31-29-15-22-20-6-2-1-5-17(20)9-14-24(22)33/h1-15,33H,16H2,(H,31,34). The van der Waals surface area contributed by atoms with Gasteiger partial charge < -0.3 is 5.11 Å². The molecule has 5 rings (SSSR count). The molecule has 0 fully saturated rings. The number of phenols is 1. The summed E-state index contributed by atoms with van der Waals surface area (Å²) in [6, 6.07) is 24.9. The molecule has 7 nitrogen and oxygen atoms in total. The van der Waals surface area contributed by atoms with E-state index in [1.165, 1.54) is 10.8 Å². The number of halogens is 1. The Kier molecular flexibility index (Phi) is 6.71. The highest BCUT2D eigenvalue weighted by Crippen LogP contribution is 2.25. The predicted octanol–water partition coefficient (Wildman–Crippen LogP) is 5.14. The van der Waals surface area contributed by atoms with Crippen LogP contribution >= 0.6 is 23.4 Å². The van der Waals surface area contributed by atoms with Crippen molar-refractivity contribution in [3.63, 3.8) is 0 Å². The number of benzene rings is 4. The number of phenolic OH excluding ortho intramolecular Hbond substituents is 1. The fourth-order valence-corrected chi connectivity index (χ4v) is 4.71. The molecular weight excluding hydrogens is 496 g/mol. The third-order valence-electron chi connectivity index (χ3n) is 5.49. The lowest BCUT2D eigenvalue weighted by molar-refractivity contribution is -0.118. The van der Waals surface area contributed by atoms with Crippen LogP contribution in [0.4, 0.5) is 0 Å². The molecule has 36 heavy (non-hydrogen) atoms. The first-order valence-corrected chi connectivity index (χ1v) is 12.3. The Morgan fingerprint density at radius 2 is 1.72 bits per heavy atom. The Labute approximate surface area is 215 Å². The van der Waals surface area contributed by atoms with E-state index in [0.29, 0.717) is 32.3 Å². The van der Waals surface area contributed by atoms with Gasteiger partial charge in [0.05, 0.1) is 28.6 Å². The van der Waals surface area contributed by atoms with Gasteiger partial charge in [-0.3, -0.25) is 14.2 Å². The first kappa shape index (κ1) is 23.6. The summed E-state index contributed by atoms with van der Waals surface area (Å²) in [5.74, 6) is -0.355. The SMILES string of the molecule is O=C(CSc1nc2ccccc2c(=O)n1-c1ccc(Cl)cc1)NN=Cc1c(O)ccc2ccccc12. The number of rotatable bonds is 6. The van der Waals surface area contributed by atoms with Crippen molar-refractivity contribution in [1.29, 1.82) is 0 Å². The smallest absolute Gasteiger partial charge is 0.266 e. The van der Waals surface area contributed by atoms with Crippen molar-refractivity contribution in [3.8, 4) is 11.4 Å². The van der Waals surface area contributed by atoms with Crippen molar-refractivity contribution >= 4 is 57.2 Å². The molecular formula is C27H19ClN4O3S. The van der Waals surface area contributed by atoms with E-state index in [1.807, 2.05) is 30.3 Å². The molecule has 0 unspecified atom stereocenters. The van der Waals surface area contributed by atoms with Gasteiger partial charge in [-0.1, -0.05) is 65.8 Å². The van der Waals surface area contributed by atoms with E-state index in [0.717, 1.165) is 22.5 Å². The molecule has 9 heteroatoms. The molecule has 0 aliphatic carbocycles. The van der Waals surface area contributed by atoms with E-state index in [9.17, 15) is 14.7 Å². The van der Waals surface area contributed by atoms with Crippen LogP contribution in [-0.4, -0.2) is 32.5 Å². The van der Waals surface area contributed by atoms with Crippen molar-refractivity contribution in [2.75, 3.05) is 5.75 Å². The molecule has 178 valence electrons. The van der Waals surface area contributed by atoms with E-state index in [-0.39, 0.29) is 23.0 Å². The summed E-state index contributed by atoms with van der Waals surface area (Å²) in [7, 11) is 0. The van der Waals surface area contributed by atoms with Crippen LogP contribution in [0.15, 0.2) is 100.0 Å². The summed E-state index contributed by atoms with van der Waals surface area (Å²) in [5.41, 5.74) is 3.88. The number of carbonyl (C=O) groups excluding carboxylic acids is 1. The van der Waals surface area contributed by atoms with Gasteiger partial charge in [-0.25, -0.2) is 10.4 Å². The quantitative estimate of drug-likeness (QED) is 0.141. The van der Waals surface area contributed by atoms with Crippen molar-refractivity contribution in [2.24, 2.45) is 5.10 Å². The van der Waals surface area contributed by atoms with Crippen molar-refractivity contribution < 1.29 is 9.90 Å². The molecule has 2 N–H and O–H groups in total. The number of nitrogens with zero attached hydrogens (tertiary/aromatic N) is 3. The third-order valence-corrected chi connectivity index (χ3v) is 6.68. The molecule has 0 spiro atoms. The number of hydrogen-bond acceptors (Lipinski definition) is 6. The Morgan fingerprint density at radius 3 is 2.53 bits per heavy atom. The van der Waals surface area contributed by atoms with E-state index in [2.05, 4.69) is 15.5 Å². The fraction of sp³-hybridized carbons (Fsp3) is 0.0370. The van der Waals surface area contributed by atoms with Crippen molar-refractivity contribution in [1.82, 2.24) is 15.0 Å². The molecule has 5 aromatic rings. The minimum atomic E-state index is -0.388. The van der Waals surface area contributed by atoms with Crippen LogP contribution < -0.4 is 11.0 Å². The van der Waals surface area contributed by atoms with E-state index >= 15 is 0 Å². The van der Waals surface area contributed by atoms with Crippen molar-refractivity contribution in [2.45, 2.75) is 5.16 Å². The van der Waals surface area contributed by atoms with Gasteiger partial charge in [0.25, 0.3) is 11.5 Å². The lowest BCUT2D eigenvalue weighted by Crippen LogP contribution is -2.24. The summed E-state index contributed by atoms with van der Waals surface area (Å²) < 4.78 is 1.47. The maximum absolute atomic E-state index is 13.3. The molecule has 0 saturated carbocycles. The first-order chi connectivity index (χ1) is 17.5. The number of hydrogen-bond donors (Lipinski definition) is 2. The highest BCUT2D eigenvalue weighted by atomic mass is 35.5. The second-order valence-electron chi connectivity index (χ2n) is 7.83. The number of thioether (sulfide) groups is 1. The zero-order chi connectivity index (χ0) is 25.1. The number of aromatic nitrogens is 2. The second kappa shape index (κ2) is 10.2. The third kappa shape index (κ3) is 4.82. The number of hydrazone groups is 1. The molecule has 0 aliphatic rings. The molecule has 1 amide bonds. The van der Waals surface area contributed by atoms with Crippen LogP contribution in [0.25, 0.3) is 27.4 Å². The number of carbonyl (C=O) groups is 1. The molecule has 0 radical (unpaired) electrons. The first-order valence-electron chi connectivity index (χ1n) is 10.9. The minimum Gasteiger partial charge on any atom is -0.507 e. The molecule has 1 aromatic heterocycles. The Hall–Kier alpha value is -4.14. The molecule has 1 heterocycles. The number of fused-ring (bicyclic) bond motifs is 2. The summed E-state index contributed by atoms with van der Waals surface area (Å²) in [6.45, 7) is 0. The number of aromatic hydroxyl groups is 1. The second-order valence-corrected chi connectivity index (χ2v) is 9.21. The maximum atomic E-state index is 13.3. The van der Waals surface area contributed by atoms with Gasteiger partial charge in [0.15, 0.2) is 5.16 Å². The minimum absolute atomic E-state index is 0.0305. The lowest BCUT2D eigenvalue weighted by atomic mass is 10.0. The largest absolute Gasteiger partial charge is 0.507 e. The van der Waals surface area contributed by atoms with Gasteiger partial charge in [-0.15, -0.1) is 0 Å². The van der Waals surface area contributed by atoms with Gasteiger partial charge in [0.2, 0.25) is 0 Å². The average Bonchev–Trinajstić information content (AvgIpc) is 2.89. The normalized spacial score (nSPS) is 11.4. The van der Waals surface area contributed by atoms with Crippen molar-refractivity contribution in [3.05, 3.63) is 106 Å². The summed E-state index contributed by atoms with van der Waals surface area (Å²) in [5, 5.41) is 17.4. The highest BCUT2D eigenvalue weighted by molar-refractivity contribution is 7.99. The summed E-state index contributed by atoms with van der Waals surface area (Å²) in [4.78, 5) is 30.5. The van der Waals surface area contributed by atoms with E-state index < -0.39 is 0 Å². The predicted molar refractivity (Wildman–Crippen MR) is 144 cm³/mol. The summed E-state index contributed by atoms with van der Waals surface area (Å²) >= 11 is 7.14. The summed E-state index contributed by atoms with van der Waals surface area (Å²) in [6.07, 6.45) is 1.41. The highest BCUT2D eigenvalue weighted by Gasteiger charge is 2.15. The van der Waals surface area contributed by atoms with Crippen LogP contribution in [0.1, 0.15) is 5.56 Å². The fourth-order valence-electron chi connectivity index (χ4n) is 3.78. The van der Waals surface area contributed by atoms with Crippen LogP contribution in [-0.2, 0) is 4.79 Å².